The van der Waals surface area contributed by atoms with Gasteiger partial charge in [0, 0.05) is 30.8 Å². The second-order valence-electron chi connectivity index (χ2n) is 4.70. The molecule has 0 bridgehead atoms. The van der Waals surface area contributed by atoms with E-state index in [0.29, 0.717) is 17.8 Å². The Morgan fingerprint density at radius 1 is 1.45 bits per heavy atom. The molecule has 106 valence electrons. The Morgan fingerprint density at radius 3 is 2.80 bits per heavy atom. The number of rotatable bonds is 4. The summed E-state index contributed by atoms with van der Waals surface area (Å²) in [6, 6.07) is 6.85. The van der Waals surface area contributed by atoms with Crippen molar-refractivity contribution in [3.8, 4) is 0 Å². The van der Waals surface area contributed by atoms with Crippen molar-refractivity contribution in [2.24, 2.45) is 5.92 Å². The molecule has 1 saturated heterocycles. The third-order valence-electron chi connectivity index (χ3n) is 3.24. The van der Waals surface area contributed by atoms with Crippen LogP contribution in [0.2, 0.25) is 0 Å². The van der Waals surface area contributed by atoms with Crippen LogP contribution in [-0.4, -0.2) is 29.4 Å². The first kappa shape index (κ1) is 14.0. The van der Waals surface area contributed by atoms with Gasteiger partial charge in [0.25, 0.3) is 0 Å². The van der Waals surface area contributed by atoms with Crippen molar-refractivity contribution in [3.63, 3.8) is 0 Å². The lowest BCUT2D eigenvalue weighted by molar-refractivity contribution is -0.141. The Morgan fingerprint density at radius 2 is 2.20 bits per heavy atom. The van der Waals surface area contributed by atoms with E-state index in [1.807, 2.05) is 0 Å². The van der Waals surface area contributed by atoms with Gasteiger partial charge in [-0.05, 0) is 18.2 Å². The van der Waals surface area contributed by atoms with Crippen molar-refractivity contribution in [1.82, 2.24) is 0 Å². The maximum absolute atomic E-state index is 11.9. The van der Waals surface area contributed by atoms with Crippen LogP contribution in [0.3, 0.4) is 0 Å². The van der Waals surface area contributed by atoms with Gasteiger partial charge in [0.05, 0.1) is 5.92 Å². The van der Waals surface area contributed by atoms with Crippen LogP contribution in [0.4, 0.5) is 11.4 Å². The van der Waals surface area contributed by atoms with Gasteiger partial charge in [-0.25, -0.2) is 0 Å². The van der Waals surface area contributed by atoms with Crippen LogP contribution in [-0.2, 0) is 14.4 Å². The van der Waals surface area contributed by atoms with Gasteiger partial charge < -0.3 is 15.3 Å². The standard InChI is InChI=1S/C14H16N2O4/c1-2-12(17)15-10-4-3-5-11(7-10)16-8-9(14(19)20)6-13(16)18/h3-5,7,9H,2,6,8H2,1H3,(H,15,17)(H,19,20). The Labute approximate surface area is 116 Å². The van der Waals surface area contributed by atoms with Crippen molar-refractivity contribution < 1.29 is 19.5 Å². The lowest BCUT2D eigenvalue weighted by Gasteiger charge is -2.17. The Balaban J connectivity index is 2.17. The molecule has 1 fully saturated rings. The number of nitrogens with one attached hydrogen (secondary N) is 1. The van der Waals surface area contributed by atoms with E-state index in [-0.39, 0.29) is 24.8 Å². The van der Waals surface area contributed by atoms with Crippen molar-refractivity contribution in [1.29, 1.82) is 0 Å². The number of carbonyl (C=O) groups excluding carboxylic acids is 2. The summed E-state index contributed by atoms with van der Waals surface area (Å²) in [7, 11) is 0. The molecule has 6 nitrogen and oxygen atoms in total. The molecule has 1 aromatic rings. The zero-order valence-corrected chi connectivity index (χ0v) is 11.1. The van der Waals surface area contributed by atoms with Gasteiger partial charge in [-0.3, -0.25) is 14.4 Å². The molecule has 0 radical (unpaired) electrons. The molecule has 6 heteroatoms. The minimum absolute atomic E-state index is 0.0148. The fraction of sp³-hybridized carbons (Fsp3) is 0.357. The highest BCUT2D eigenvalue weighted by molar-refractivity contribution is 6.00. The summed E-state index contributed by atoms with van der Waals surface area (Å²) in [5.74, 6) is -1.96. The number of carboxylic acids is 1. The van der Waals surface area contributed by atoms with Gasteiger partial charge in [0.1, 0.15) is 0 Å². The van der Waals surface area contributed by atoms with Crippen LogP contribution in [0, 0.1) is 5.92 Å². The molecule has 1 atom stereocenters. The monoisotopic (exact) mass is 276 g/mol. The minimum Gasteiger partial charge on any atom is -0.481 e. The number of hydrogen-bond acceptors (Lipinski definition) is 3. The number of amides is 2. The van der Waals surface area contributed by atoms with E-state index in [9.17, 15) is 14.4 Å². The molecule has 0 saturated carbocycles. The molecule has 0 aromatic heterocycles. The number of hydrogen-bond donors (Lipinski definition) is 2. The van der Waals surface area contributed by atoms with Crippen LogP contribution in [0.1, 0.15) is 19.8 Å². The third-order valence-corrected chi connectivity index (χ3v) is 3.24. The number of aliphatic carboxylic acids is 1. The Bertz CT molecular complexity index is 556. The molecule has 1 unspecified atom stereocenters. The summed E-state index contributed by atoms with van der Waals surface area (Å²) in [5.41, 5.74) is 1.20. The van der Waals surface area contributed by atoms with Gasteiger partial charge in [-0.15, -0.1) is 0 Å². The van der Waals surface area contributed by atoms with Crippen LogP contribution in [0.25, 0.3) is 0 Å². The average molecular weight is 276 g/mol. The molecule has 1 aliphatic heterocycles. The zero-order chi connectivity index (χ0) is 14.7. The minimum atomic E-state index is -0.962. The lowest BCUT2D eigenvalue weighted by atomic mass is 10.1. The predicted molar refractivity (Wildman–Crippen MR) is 73.5 cm³/mol. The van der Waals surface area contributed by atoms with Crippen molar-refractivity contribution in [2.75, 3.05) is 16.8 Å². The summed E-state index contributed by atoms with van der Waals surface area (Å²) < 4.78 is 0. The fourth-order valence-corrected chi connectivity index (χ4v) is 2.12. The SMILES string of the molecule is CCC(=O)Nc1cccc(N2CC(C(=O)O)CC2=O)c1. The van der Waals surface area contributed by atoms with Gasteiger partial charge in [0.2, 0.25) is 11.8 Å². The topological polar surface area (TPSA) is 86.7 Å². The smallest absolute Gasteiger partial charge is 0.308 e. The first-order valence-electron chi connectivity index (χ1n) is 6.44. The zero-order valence-electron chi connectivity index (χ0n) is 11.1. The van der Waals surface area contributed by atoms with E-state index in [1.54, 1.807) is 31.2 Å². The van der Waals surface area contributed by atoms with E-state index in [4.69, 9.17) is 5.11 Å². The average Bonchev–Trinajstić information content (AvgIpc) is 2.81. The highest BCUT2D eigenvalue weighted by Gasteiger charge is 2.35. The van der Waals surface area contributed by atoms with Gasteiger partial charge in [-0.2, -0.15) is 0 Å². The fourth-order valence-electron chi connectivity index (χ4n) is 2.12. The molecular formula is C14H16N2O4. The quantitative estimate of drug-likeness (QED) is 0.872. The molecule has 1 aliphatic rings. The van der Waals surface area contributed by atoms with Crippen molar-refractivity contribution in [2.45, 2.75) is 19.8 Å². The van der Waals surface area contributed by atoms with E-state index in [2.05, 4.69) is 5.32 Å². The summed E-state index contributed by atoms with van der Waals surface area (Å²) in [5, 5.41) is 11.7. The molecule has 0 spiro atoms. The van der Waals surface area contributed by atoms with E-state index in [1.165, 1.54) is 4.90 Å². The lowest BCUT2D eigenvalue weighted by Crippen LogP contribution is -2.25. The molecule has 0 aliphatic carbocycles. The normalized spacial score (nSPS) is 18.1. The Kier molecular flexibility index (Phi) is 4.02. The summed E-state index contributed by atoms with van der Waals surface area (Å²) in [6.45, 7) is 1.92. The van der Waals surface area contributed by atoms with Gasteiger partial charge in [-0.1, -0.05) is 13.0 Å². The van der Waals surface area contributed by atoms with E-state index in [0.717, 1.165) is 0 Å². The van der Waals surface area contributed by atoms with Crippen LogP contribution < -0.4 is 10.2 Å². The third kappa shape index (κ3) is 2.96. The number of carboxylic acid groups (broad SMARTS) is 1. The van der Waals surface area contributed by atoms with Crippen molar-refractivity contribution in [3.05, 3.63) is 24.3 Å². The first-order chi connectivity index (χ1) is 9.51. The maximum Gasteiger partial charge on any atom is 0.308 e. The second kappa shape index (κ2) is 5.73. The molecule has 1 aromatic carbocycles. The molecule has 1 heterocycles. The number of benzene rings is 1. The van der Waals surface area contributed by atoms with Crippen molar-refractivity contribution >= 4 is 29.2 Å². The molecular weight excluding hydrogens is 260 g/mol. The highest BCUT2D eigenvalue weighted by Crippen LogP contribution is 2.27. The maximum atomic E-state index is 11.9. The number of anilines is 2. The molecule has 20 heavy (non-hydrogen) atoms. The molecule has 2 rings (SSSR count). The Hall–Kier alpha value is -2.37. The first-order valence-corrected chi connectivity index (χ1v) is 6.44. The second-order valence-corrected chi connectivity index (χ2v) is 4.70. The largest absolute Gasteiger partial charge is 0.481 e. The van der Waals surface area contributed by atoms with Gasteiger partial charge in [0.15, 0.2) is 0 Å². The summed E-state index contributed by atoms with van der Waals surface area (Å²) in [4.78, 5) is 35.6. The molecule has 2 amide bonds. The summed E-state index contributed by atoms with van der Waals surface area (Å²) in [6.07, 6.45) is 0.384. The molecule has 2 N–H and O–H groups in total. The van der Waals surface area contributed by atoms with Crippen LogP contribution in [0.5, 0.6) is 0 Å². The number of carbonyl (C=O) groups is 3. The van der Waals surface area contributed by atoms with E-state index >= 15 is 0 Å². The predicted octanol–water partition coefficient (Wildman–Crippen LogP) is 1.47. The summed E-state index contributed by atoms with van der Waals surface area (Å²) >= 11 is 0. The van der Waals surface area contributed by atoms with Gasteiger partial charge >= 0.3 is 5.97 Å². The van der Waals surface area contributed by atoms with E-state index < -0.39 is 11.9 Å². The number of nitrogens with zero attached hydrogens (tertiary/aromatic N) is 1. The highest BCUT2D eigenvalue weighted by atomic mass is 16.4. The van der Waals surface area contributed by atoms with Crippen LogP contribution >= 0.6 is 0 Å². The van der Waals surface area contributed by atoms with Crippen LogP contribution in [0.15, 0.2) is 24.3 Å².